The van der Waals surface area contributed by atoms with Gasteiger partial charge in [-0.3, -0.25) is 0 Å². The number of nitrogens with one attached hydrogen (secondary N) is 1. The third-order valence-corrected chi connectivity index (χ3v) is 4.00. The minimum atomic E-state index is -0.851. The molecule has 0 amide bonds. The summed E-state index contributed by atoms with van der Waals surface area (Å²) in [6.45, 7) is 1.88. The van der Waals surface area contributed by atoms with Crippen LogP contribution in [0.1, 0.15) is 11.7 Å². The molecule has 0 saturated carbocycles. The van der Waals surface area contributed by atoms with Gasteiger partial charge in [0.2, 0.25) is 0 Å². The normalized spacial score (nSPS) is 19.3. The molecule has 2 aromatic rings. The summed E-state index contributed by atoms with van der Waals surface area (Å²) in [5.41, 5.74) is 0.849. The van der Waals surface area contributed by atoms with Gasteiger partial charge in [0.15, 0.2) is 6.10 Å². The van der Waals surface area contributed by atoms with Gasteiger partial charge >= 0.3 is 0 Å². The lowest BCUT2D eigenvalue weighted by atomic mass is 10.0. The van der Waals surface area contributed by atoms with Gasteiger partial charge < -0.3 is 14.8 Å². The van der Waals surface area contributed by atoms with Crippen molar-refractivity contribution in [3.8, 4) is 5.75 Å². The highest BCUT2D eigenvalue weighted by atomic mass is 35.5. The van der Waals surface area contributed by atoms with Gasteiger partial charge in [0.1, 0.15) is 28.5 Å². The van der Waals surface area contributed by atoms with Gasteiger partial charge in [-0.25, -0.2) is 8.78 Å². The first-order valence-corrected chi connectivity index (χ1v) is 7.71. The van der Waals surface area contributed by atoms with Crippen molar-refractivity contribution in [2.45, 2.75) is 12.2 Å². The third kappa shape index (κ3) is 3.80. The highest BCUT2D eigenvalue weighted by molar-refractivity contribution is 6.32. The van der Waals surface area contributed by atoms with Crippen molar-refractivity contribution in [1.82, 2.24) is 5.32 Å². The summed E-state index contributed by atoms with van der Waals surface area (Å²) in [6, 6.07) is 11.2. The third-order valence-electron chi connectivity index (χ3n) is 3.64. The maximum absolute atomic E-state index is 13.6. The van der Waals surface area contributed by atoms with Gasteiger partial charge in [-0.1, -0.05) is 41.9 Å². The maximum Gasteiger partial charge on any atom is 0.151 e. The standard InChI is InChI=1S/C17H16ClF2NO2/c18-16-13(20)8-12(19)9-14(16)23-17(11-4-2-1-3-5-11)15-10-21-6-7-22-15/h1-5,8-9,15,17,21H,6-7,10H2. The molecule has 3 nitrogen and oxygen atoms in total. The Labute approximate surface area is 138 Å². The fraction of sp³-hybridized carbons (Fsp3) is 0.294. The molecule has 2 unspecified atom stereocenters. The van der Waals surface area contributed by atoms with E-state index in [9.17, 15) is 8.78 Å². The Morgan fingerprint density at radius 1 is 1.22 bits per heavy atom. The van der Waals surface area contributed by atoms with Crippen LogP contribution >= 0.6 is 11.6 Å². The number of rotatable bonds is 4. The van der Waals surface area contributed by atoms with Crippen molar-refractivity contribution in [3.63, 3.8) is 0 Å². The van der Waals surface area contributed by atoms with Crippen LogP contribution in [0, 0.1) is 11.6 Å². The highest BCUT2D eigenvalue weighted by Gasteiger charge is 2.29. The lowest BCUT2D eigenvalue weighted by Crippen LogP contribution is -2.43. The molecule has 0 radical (unpaired) electrons. The van der Waals surface area contributed by atoms with E-state index in [0.717, 1.165) is 24.2 Å². The van der Waals surface area contributed by atoms with E-state index in [1.807, 2.05) is 30.3 Å². The van der Waals surface area contributed by atoms with E-state index in [1.165, 1.54) is 0 Å². The maximum atomic E-state index is 13.6. The van der Waals surface area contributed by atoms with Crippen LogP contribution in [0.4, 0.5) is 8.78 Å². The Morgan fingerprint density at radius 2 is 2.00 bits per heavy atom. The molecular formula is C17H16ClF2NO2. The SMILES string of the molecule is Fc1cc(F)c(Cl)c(OC(c2ccccc2)C2CNCCO2)c1. The van der Waals surface area contributed by atoms with Crippen LogP contribution in [0.2, 0.25) is 5.02 Å². The summed E-state index contributed by atoms with van der Waals surface area (Å²) in [5, 5.41) is 2.98. The first-order chi connectivity index (χ1) is 11.1. The summed E-state index contributed by atoms with van der Waals surface area (Å²) < 4.78 is 38.7. The zero-order valence-corrected chi connectivity index (χ0v) is 13.0. The number of morpholine rings is 1. The van der Waals surface area contributed by atoms with E-state index in [0.29, 0.717) is 13.2 Å². The molecule has 1 saturated heterocycles. The Bertz CT molecular complexity index is 663. The number of halogens is 3. The van der Waals surface area contributed by atoms with Crippen LogP contribution in [-0.2, 0) is 4.74 Å². The Balaban J connectivity index is 1.93. The van der Waals surface area contributed by atoms with Gasteiger partial charge in [-0.05, 0) is 5.56 Å². The zero-order valence-electron chi connectivity index (χ0n) is 12.3. The van der Waals surface area contributed by atoms with Crippen LogP contribution in [0.15, 0.2) is 42.5 Å². The minimum absolute atomic E-state index is 0.0350. The second kappa shape index (κ2) is 7.25. The molecule has 0 aromatic heterocycles. The van der Waals surface area contributed by atoms with Gasteiger partial charge in [-0.15, -0.1) is 0 Å². The molecule has 1 heterocycles. The first kappa shape index (κ1) is 16.2. The predicted molar refractivity (Wildman–Crippen MR) is 83.8 cm³/mol. The van der Waals surface area contributed by atoms with Gasteiger partial charge in [0.05, 0.1) is 6.61 Å². The zero-order chi connectivity index (χ0) is 16.2. The monoisotopic (exact) mass is 339 g/mol. The van der Waals surface area contributed by atoms with Crippen molar-refractivity contribution in [1.29, 1.82) is 0 Å². The van der Waals surface area contributed by atoms with E-state index in [1.54, 1.807) is 0 Å². The molecule has 1 aliphatic heterocycles. The molecule has 23 heavy (non-hydrogen) atoms. The molecule has 1 aliphatic rings. The fourth-order valence-corrected chi connectivity index (χ4v) is 2.69. The van der Waals surface area contributed by atoms with Crippen LogP contribution in [0.25, 0.3) is 0 Å². The van der Waals surface area contributed by atoms with Crippen LogP contribution < -0.4 is 10.1 Å². The van der Waals surface area contributed by atoms with Crippen LogP contribution in [-0.4, -0.2) is 25.8 Å². The van der Waals surface area contributed by atoms with Crippen molar-refractivity contribution in [2.75, 3.05) is 19.7 Å². The molecule has 6 heteroatoms. The first-order valence-electron chi connectivity index (χ1n) is 7.33. The molecule has 2 aromatic carbocycles. The summed E-state index contributed by atoms with van der Waals surface area (Å²) in [7, 11) is 0. The Kier molecular flexibility index (Phi) is 5.10. The van der Waals surface area contributed by atoms with E-state index >= 15 is 0 Å². The van der Waals surface area contributed by atoms with Crippen LogP contribution in [0.3, 0.4) is 0 Å². The molecule has 2 atom stereocenters. The van der Waals surface area contributed by atoms with E-state index in [4.69, 9.17) is 21.1 Å². The van der Waals surface area contributed by atoms with Gasteiger partial charge in [0, 0.05) is 25.2 Å². The number of benzene rings is 2. The lowest BCUT2D eigenvalue weighted by molar-refractivity contribution is -0.0433. The Morgan fingerprint density at radius 3 is 2.70 bits per heavy atom. The summed E-state index contributed by atoms with van der Waals surface area (Å²) in [5.74, 6) is -1.63. The average Bonchev–Trinajstić information content (AvgIpc) is 2.58. The highest BCUT2D eigenvalue weighted by Crippen LogP contribution is 2.34. The van der Waals surface area contributed by atoms with Gasteiger partial charge in [0.25, 0.3) is 0 Å². The molecule has 3 rings (SSSR count). The average molecular weight is 340 g/mol. The molecular weight excluding hydrogens is 324 g/mol. The Hall–Kier alpha value is -1.69. The molecule has 0 bridgehead atoms. The van der Waals surface area contributed by atoms with Crippen LogP contribution in [0.5, 0.6) is 5.75 Å². The lowest BCUT2D eigenvalue weighted by Gasteiger charge is -2.31. The predicted octanol–water partition coefficient (Wildman–Crippen LogP) is 3.73. The van der Waals surface area contributed by atoms with Crippen molar-refractivity contribution < 1.29 is 18.3 Å². The largest absolute Gasteiger partial charge is 0.481 e. The summed E-state index contributed by atoms with van der Waals surface area (Å²) in [6.07, 6.45) is -0.809. The molecule has 0 aliphatic carbocycles. The van der Waals surface area contributed by atoms with Gasteiger partial charge in [-0.2, -0.15) is 0 Å². The smallest absolute Gasteiger partial charge is 0.151 e. The molecule has 122 valence electrons. The second-order valence-corrected chi connectivity index (χ2v) is 5.64. The number of hydrogen-bond donors (Lipinski definition) is 1. The second-order valence-electron chi connectivity index (χ2n) is 5.26. The number of hydrogen-bond acceptors (Lipinski definition) is 3. The minimum Gasteiger partial charge on any atom is -0.481 e. The summed E-state index contributed by atoms with van der Waals surface area (Å²) in [4.78, 5) is 0. The summed E-state index contributed by atoms with van der Waals surface area (Å²) >= 11 is 5.91. The van der Waals surface area contributed by atoms with E-state index < -0.39 is 17.7 Å². The van der Waals surface area contributed by atoms with Crippen molar-refractivity contribution in [2.24, 2.45) is 0 Å². The molecule has 1 N–H and O–H groups in total. The topological polar surface area (TPSA) is 30.5 Å². The fourth-order valence-electron chi connectivity index (χ4n) is 2.54. The van der Waals surface area contributed by atoms with Crippen molar-refractivity contribution >= 4 is 11.6 Å². The van der Waals surface area contributed by atoms with E-state index in [-0.39, 0.29) is 16.9 Å². The molecule has 0 spiro atoms. The van der Waals surface area contributed by atoms with Crippen molar-refractivity contribution in [3.05, 3.63) is 64.7 Å². The van der Waals surface area contributed by atoms with E-state index in [2.05, 4.69) is 5.32 Å². The molecule has 1 fully saturated rings. The number of ether oxygens (including phenoxy) is 2. The quantitative estimate of drug-likeness (QED) is 0.861.